The lowest BCUT2D eigenvalue weighted by Gasteiger charge is -2.36. The first kappa shape index (κ1) is 19.6. The molecule has 0 N–H and O–H groups in total. The van der Waals surface area contributed by atoms with E-state index in [0.717, 1.165) is 35.8 Å². The number of hydrogen-bond acceptors (Lipinski definition) is 5. The van der Waals surface area contributed by atoms with E-state index in [-0.39, 0.29) is 5.91 Å². The van der Waals surface area contributed by atoms with E-state index in [4.69, 9.17) is 14.2 Å². The maximum absolute atomic E-state index is 12.6. The summed E-state index contributed by atoms with van der Waals surface area (Å²) in [5.41, 5.74) is 1.87. The standard InChI is InChI=1S/C22H26N2O4/c1-26-18-9-10-20(27-2)17(16-18)8-11-22(25)24-14-12-23(13-15-24)19-6-4-5-7-21(19)28-3/h4-11,16H,12-15H2,1-3H3/b11-8+. The number of piperazine rings is 1. The molecule has 0 aliphatic carbocycles. The second kappa shape index (κ2) is 9.17. The van der Waals surface area contributed by atoms with E-state index in [1.165, 1.54) is 0 Å². The van der Waals surface area contributed by atoms with Crippen molar-refractivity contribution in [1.29, 1.82) is 0 Å². The Labute approximate surface area is 165 Å². The number of rotatable bonds is 6. The lowest BCUT2D eigenvalue weighted by Crippen LogP contribution is -2.48. The molecule has 6 heteroatoms. The first-order valence-electron chi connectivity index (χ1n) is 9.23. The Kier molecular flexibility index (Phi) is 6.42. The van der Waals surface area contributed by atoms with Crippen molar-refractivity contribution >= 4 is 17.7 Å². The van der Waals surface area contributed by atoms with E-state index in [9.17, 15) is 4.79 Å². The topological polar surface area (TPSA) is 51.2 Å². The molecule has 2 aromatic carbocycles. The number of anilines is 1. The Morgan fingerprint density at radius 2 is 1.61 bits per heavy atom. The van der Waals surface area contributed by atoms with Gasteiger partial charge in [0, 0.05) is 37.8 Å². The van der Waals surface area contributed by atoms with Crippen LogP contribution in [0.4, 0.5) is 5.69 Å². The highest BCUT2D eigenvalue weighted by Gasteiger charge is 2.21. The van der Waals surface area contributed by atoms with Crippen LogP contribution in [0.5, 0.6) is 17.2 Å². The van der Waals surface area contributed by atoms with E-state index < -0.39 is 0 Å². The van der Waals surface area contributed by atoms with E-state index in [1.807, 2.05) is 47.4 Å². The number of ether oxygens (including phenoxy) is 3. The Hall–Kier alpha value is -3.15. The Bertz CT molecular complexity index is 842. The molecule has 0 bridgehead atoms. The van der Waals surface area contributed by atoms with Gasteiger partial charge >= 0.3 is 0 Å². The van der Waals surface area contributed by atoms with E-state index in [0.29, 0.717) is 18.8 Å². The maximum Gasteiger partial charge on any atom is 0.246 e. The molecule has 2 aromatic rings. The minimum atomic E-state index is -0.00968. The maximum atomic E-state index is 12.6. The minimum absolute atomic E-state index is 0.00968. The van der Waals surface area contributed by atoms with Gasteiger partial charge in [-0.1, -0.05) is 12.1 Å². The molecule has 1 saturated heterocycles. The van der Waals surface area contributed by atoms with Gasteiger partial charge < -0.3 is 24.0 Å². The summed E-state index contributed by atoms with van der Waals surface area (Å²) in [7, 11) is 4.90. The van der Waals surface area contributed by atoms with Crippen molar-refractivity contribution in [3.05, 3.63) is 54.1 Å². The van der Waals surface area contributed by atoms with Crippen molar-refractivity contribution < 1.29 is 19.0 Å². The van der Waals surface area contributed by atoms with Crippen molar-refractivity contribution in [1.82, 2.24) is 4.90 Å². The molecule has 28 heavy (non-hydrogen) atoms. The van der Waals surface area contributed by atoms with Gasteiger partial charge in [-0.15, -0.1) is 0 Å². The number of nitrogens with zero attached hydrogens (tertiary/aromatic N) is 2. The normalized spacial score (nSPS) is 14.2. The Balaban J connectivity index is 1.63. The van der Waals surface area contributed by atoms with E-state index in [2.05, 4.69) is 4.90 Å². The average molecular weight is 382 g/mol. The molecular formula is C22H26N2O4. The number of carbonyl (C=O) groups is 1. The summed E-state index contributed by atoms with van der Waals surface area (Å²) in [6.45, 7) is 2.86. The van der Waals surface area contributed by atoms with E-state index >= 15 is 0 Å². The van der Waals surface area contributed by atoms with Crippen LogP contribution in [0.3, 0.4) is 0 Å². The minimum Gasteiger partial charge on any atom is -0.497 e. The van der Waals surface area contributed by atoms with Gasteiger partial charge in [-0.3, -0.25) is 4.79 Å². The van der Waals surface area contributed by atoms with Gasteiger partial charge in [0.1, 0.15) is 17.2 Å². The SMILES string of the molecule is COc1ccc(OC)c(/C=C/C(=O)N2CCN(c3ccccc3OC)CC2)c1. The van der Waals surface area contributed by atoms with Gasteiger partial charge in [0.05, 0.1) is 27.0 Å². The van der Waals surface area contributed by atoms with Crippen LogP contribution in [0.1, 0.15) is 5.56 Å². The van der Waals surface area contributed by atoms with Gasteiger partial charge in [0.2, 0.25) is 5.91 Å². The molecule has 1 amide bonds. The van der Waals surface area contributed by atoms with Crippen molar-refractivity contribution in [2.24, 2.45) is 0 Å². The number of carbonyl (C=O) groups excluding carboxylic acids is 1. The zero-order valence-corrected chi connectivity index (χ0v) is 16.6. The molecule has 0 atom stereocenters. The molecule has 0 spiro atoms. The summed E-state index contributed by atoms with van der Waals surface area (Å²) in [6, 6.07) is 13.5. The summed E-state index contributed by atoms with van der Waals surface area (Å²) in [5, 5.41) is 0. The highest BCUT2D eigenvalue weighted by atomic mass is 16.5. The van der Waals surface area contributed by atoms with Crippen molar-refractivity contribution in [3.8, 4) is 17.2 Å². The van der Waals surface area contributed by atoms with Crippen LogP contribution in [-0.2, 0) is 4.79 Å². The number of methoxy groups -OCH3 is 3. The molecule has 3 rings (SSSR count). The first-order chi connectivity index (χ1) is 13.7. The first-order valence-corrected chi connectivity index (χ1v) is 9.23. The second-order valence-electron chi connectivity index (χ2n) is 6.43. The van der Waals surface area contributed by atoms with Crippen LogP contribution in [-0.4, -0.2) is 58.3 Å². The molecule has 1 aliphatic rings. The third-order valence-corrected chi connectivity index (χ3v) is 4.86. The quantitative estimate of drug-likeness (QED) is 0.719. The van der Waals surface area contributed by atoms with Crippen molar-refractivity contribution in [2.75, 3.05) is 52.4 Å². The van der Waals surface area contributed by atoms with Crippen LogP contribution < -0.4 is 19.1 Å². The average Bonchev–Trinajstić information content (AvgIpc) is 2.77. The monoisotopic (exact) mass is 382 g/mol. The van der Waals surface area contributed by atoms with Gasteiger partial charge in [-0.05, 0) is 36.4 Å². The molecule has 6 nitrogen and oxygen atoms in total. The lowest BCUT2D eigenvalue weighted by atomic mass is 10.1. The summed E-state index contributed by atoms with van der Waals surface area (Å²) in [4.78, 5) is 16.7. The molecule has 1 fully saturated rings. The predicted octanol–water partition coefficient (Wildman–Crippen LogP) is 3.07. The summed E-state index contributed by atoms with van der Waals surface area (Å²) < 4.78 is 16.1. The third-order valence-electron chi connectivity index (χ3n) is 4.86. The Morgan fingerprint density at radius 1 is 0.893 bits per heavy atom. The lowest BCUT2D eigenvalue weighted by molar-refractivity contribution is -0.126. The fourth-order valence-electron chi connectivity index (χ4n) is 3.29. The van der Waals surface area contributed by atoms with Crippen LogP contribution in [0.25, 0.3) is 6.08 Å². The molecule has 0 radical (unpaired) electrons. The number of benzene rings is 2. The van der Waals surface area contributed by atoms with Gasteiger partial charge in [0.25, 0.3) is 0 Å². The Morgan fingerprint density at radius 3 is 2.29 bits per heavy atom. The van der Waals surface area contributed by atoms with Gasteiger partial charge in [0.15, 0.2) is 0 Å². The zero-order valence-electron chi connectivity index (χ0n) is 16.6. The fraction of sp³-hybridized carbons (Fsp3) is 0.318. The summed E-state index contributed by atoms with van der Waals surface area (Å²) in [6.07, 6.45) is 3.37. The van der Waals surface area contributed by atoms with Crippen LogP contribution >= 0.6 is 0 Å². The predicted molar refractivity (Wildman–Crippen MR) is 110 cm³/mol. The van der Waals surface area contributed by atoms with Crippen molar-refractivity contribution in [2.45, 2.75) is 0 Å². The smallest absolute Gasteiger partial charge is 0.246 e. The number of para-hydroxylation sites is 2. The number of hydrogen-bond donors (Lipinski definition) is 0. The molecule has 0 unspecified atom stereocenters. The summed E-state index contributed by atoms with van der Waals surface area (Å²) in [5.74, 6) is 2.26. The molecule has 1 aliphatic heterocycles. The summed E-state index contributed by atoms with van der Waals surface area (Å²) >= 11 is 0. The van der Waals surface area contributed by atoms with Crippen LogP contribution in [0.15, 0.2) is 48.5 Å². The van der Waals surface area contributed by atoms with E-state index in [1.54, 1.807) is 33.5 Å². The second-order valence-corrected chi connectivity index (χ2v) is 6.43. The van der Waals surface area contributed by atoms with Crippen molar-refractivity contribution in [3.63, 3.8) is 0 Å². The highest BCUT2D eigenvalue weighted by Crippen LogP contribution is 2.28. The molecule has 0 aromatic heterocycles. The van der Waals surface area contributed by atoms with Crippen LogP contribution in [0.2, 0.25) is 0 Å². The zero-order chi connectivity index (χ0) is 19.9. The fourth-order valence-corrected chi connectivity index (χ4v) is 3.29. The van der Waals surface area contributed by atoms with Gasteiger partial charge in [-0.25, -0.2) is 0 Å². The number of amides is 1. The highest BCUT2D eigenvalue weighted by molar-refractivity contribution is 5.92. The third kappa shape index (κ3) is 4.39. The van der Waals surface area contributed by atoms with Gasteiger partial charge in [-0.2, -0.15) is 0 Å². The molecule has 148 valence electrons. The largest absolute Gasteiger partial charge is 0.497 e. The molecular weight excluding hydrogens is 356 g/mol. The molecule has 1 heterocycles. The molecule has 0 saturated carbocycles. The van der Waals surface area contributed by atoms with Crippen LogP contribution in [0, 0.1) is 0 Å².